The van der Waals surface area contributed by atoms with E-state index in [1.165, 1.54) is 6.92 Å². The van der Waals surface area contributed by atoms with Gasteiger partial charge in [0.05, 0.1) is 0 Å². The van der Waals surface area contributed by atoms with E-state index in [-0.39, 0.29) is 5.91 Å². The van der Waals surface area contributed by atoms with E-state index >= 15 is 0 Å². The molecule has 6 heteroatoms. The monoisotopic (exact) mass is 248 g/mol. The zero-order valence-corrected chi connectivity index (χ0v) is 9.64. The van der Waals surface area contributed by atoms with Gasteiger partial charge in [-0.3, -0.25) is 9.59 Å². The van der Waals surface area contributed by atoms with E-state index in [1.54, 1.807) is 24.3 Å². The van der Waals surface area contributed by atoms with Crippen molar-refractivity contribution in [1.82, 2.24) is 0 Å². The van der Waals surface area contributed by atoms with Gasteiger partial charge in [0, 0.05) is 30.5 Å². The average Bonchev–Trinajstić information content (AvgIpc) is 2.28. The first-order valence-electron chi connectivity index (χ1n) is 5.07. The Labute approximate surface area is 103 Å². The second-order valence-corrected chi connectivity index (χ2v) is 3.42. The molecule has 18 heavy (non-hydrogen) atoms. The van der Waals surface area contributed by atoms with Crippen LogP contribution in [0.25, 0.3) is 0 Å². The zero-order chi connectivity index (χ0) is 13.5. The van der Waals surface area contributed by atoms with Crippen LogP contribution < -0.4 is 10.6 Å². The van der Waals surface area contributed by atoms with Crippen molar-refractivity contribution in [1.29, 1.82) is 0 Å². The van der Waals surface area contributed by atoms with Gasteiger partial charge in [-0.2, -0.15) is 0 Å². The van der Waals surface area contributed by atoms with Gasteiger partial charge in [-0.25, -0.2) is 4.79 Å². The van der Waals surface area contributed by atoms with Crippen LogP contribution in [0.1, 0.15) is 6.92 Å². The zero-order valence-electron chi connectivity index (χ0n) is 9.64. The Hall–Kier alpha value is -2.63. The molecule has 0 bridgehead atoms. The number of carbonyl (C=O) groups excluding carboxylic acids is 2. The smallest absolute Gasteiger partial charge is 0.328 e. The molecule has 1 rings (SSSR count). The molecule has 6 nitrogen and oxygen atoms in total. The summed E-state index contributed by atoms with van der Waals surface area (Å²) in [6.45, 7) is 1.40. The van der Waals surface area contributed by atoms with E-state index in [0.29, 0.717) is 11.4 Å². The first-order chi connectivity index (χ1) is 8.47. The predicted molar refractivity (Wildman–Crippen MR) is 66.2 cm³/mol. The molecule has 0 aliphatic rings. The summed E-state index contributed by atoms with van der Waals surface area (Å²) in [4.78, 5) is 32.2. The van der Waals surface area contributed by atoms with Crippen molar-refractivity contribution in [3.8, 4) is 0 Å². The number of aliphatic carboxylic acids is 1. The second-order valence-electron chi connectivity index (χ2n) is 3.42. The first kappa shape index (κ1) is 13.4. The third kappa shape index (κ3) is 4.93. The normalized spacial score (nSPS) is 10.1. The van der Waals surface area contributed by atoms with Gasteiger partial charge in [0.1, 0.15) is 0 Å². The highest BCUT2D eigenvalue weighted by Crippen LogP contribution is 2.13. The number of anilines is 2. The molecule has 0 aliphatic carbocycles. The van der Waals surface area contributed by atoms with Crippen molar-refractivity contribution in [3.63, 3.8) is 0 Å². The van der Waals surface area contributed by atoms with E-state index < -0.39 is 11.9 Å². The lowest BCUT2D eigenvalue weighted by atomic mass is 10.2. The Balaban J connectivity index is 2.61. The molecule has 0 heterocycles. The van der Waals surface area contributed by atoms with Crippen LogP contribution in [0.3, 0.4) is 0 Å². The molecule has 0 spiro atoms. The molecular formula is C12H12N2O4. The van der Waals surface area contributed by atoms with Gasteiger partial charge in [-0.05, 0) is 24.3 Å². The highest BCUT2D eigenvalue weighted by Gasteiger charge is 2.00. The third-order valence-corrected chi connectivity index (χ3v) is 1.85. The van der Waals surface area contributed by atoms with Crippen molar-refractivity contribution in [2.24, 2.45) is 0 Å². The molecule has 0 aromatic heterocycles. The number of rotatable bonds is 4. The van der Waals surface area contributed by atoms with E-state index in [0.717, 1.165) is 12.2 Å². The summed E-state index contributed by atoms with van der Waals surface area (Å²) >= 11 is 0. The molecule has 0 unspecified atom stereocenters. The summed E-state index contributed by atoms with van der Waals surface area (Å²) in [5, 5.41) is 13.4. The molecule has 0 saturated carbocycles. The molecule has 0 radical (unpaired) electrons. The standard InChI is InChI=1S/C12H12N2O4/c1-8(15)13-9-2-4-10(5-3-9)14-11(16)6-7-12(17)18/h2-7H,1H3,(H,13,15)(H,14,16)(H,17,18)/b7-6-. The van der Waals surface area contributed by atoms with Gasteiger partial charge in [0.15, 0.2) is 0 Å². The Kier molecular flexibility index (Phi) is 4.62. The largest absolute Gasteiger partial charge is 0.478 e. The molecule has 0 aliphatic heterocycles. The van der Waals surface area contributed by atoms with Crippen LogP contribution in [0.4, 0.5) is 11.4 Å². The number of nitrogens with one attached hydrogen (secondary N) is 2. The lowest BCUT2D eigenvalue weighted by Gasteiger charge is -2.04. The van der Waals surface area contributed by atoms with Crippen molar-refractivity contribution >= 4 is 29.2 Å². The Bertz CT molecular complexity index is 491. The Morgan fingerprint density at radius 1 is 1.00 bits per heavy atom. The van der Waals surface area contributed by atoms with Crippen LogP contribution in [0.2, 0.25) is 0 Å². The van der Waals surface area contributed by atoms with E-state index in [4.69, 9.17) is 5.11 Å². The van der Waals surface area contributed by atoms with Crippen molar-refractivity contribution in [3.05, 3.63) is 36.4 Å². The number of carboxylic acids is 1. The maximum atomic E-state index is 11.2. The van der Waals surface area contributed by atoms with Gasteiger partial charge in [0.25, 0.3) is 0 Å². The third-order valence-electron chi connectivity index (χ3n) is 1.85. The van der Waals surface area contributed by atoms with Gasteiger partial charge >= 0.3 is 5.97 Å². The van der Waals surface area contributed by atoms with Crippen LogP contribution in [-0.2, 0) is 14.4 Å². The summed E-state index contributed by atoms with van der Waals surface area (Å²) in [5.74, 6) is -1.91. The molecule has 0 saturated heterocycles. The average molecular weight is 248 g/mol. The highest BCUT2D eigenvalue weighted by molar-refractivity contribution is 6.02. The lowest BCUT2D eigenvalue weighted by Crippen LogP contribution is -2.09. The molecule has 0 fully saturated rings. The molecule has 3 N–H and O–H groups in total. The van der Waals surface area contributed by atoms with Crippen molar-refractivity contribution < 1.29 is 19.5 Å². The van der Waals surface area contributed by atoms with Crippen LogP contribution in [0, 0.1) is 0 Å². The minimum absolute atomic E-state index is 0.184. The molecule has 1 aromatic carbocycles. The van der Waals surface area contributed by atoms with Gasteiger partial charge in [0.2, 0.25) is 11.8 Å². The van der Waals surface area contributed by atoms with E-state index in [2.05, 4.69) is 10.6 Å². The predicted octanol–water partition coefficient (Wildman–Crippen LogP) is 1.22. The Morgan fingerprint density at radius 3 is 1.94 bits per heavy atom. The number of benzene rings is 1. The molecule has 2 amide bonds. The minimum atomic E-state index is -1.19. The van der Waals surface area contributed by atoms with Crippen molar-refractivity contribution in [2.45, 2.75) is 6.92 Å². The molecule has 1 aromatic rings. The first-order valence-corrected chi connectivity index (χ1v) is 5.07. The topological polar surface area (TPSA) is 95.5 Å². The molecule has 94 valence electrons. The summed E-state index contributed by atoms with van der Waals surface area (Å²) in [6, 6.07) is 6.44. The van der Waals surface area contributed by atoms with Crippen LogP contribution >= 0.6 is 0 Å². The van der Waals surface area contributed by atoms with Crippen LogP contribution in [-0.4, -0.2) is 22.9 Å². The quantitative estimate of drug-likeness (QED) is 0.698. The van der Waals surface area contributed by atoms with Gasteiger partial charge in [-0.1, -0.05) is 0 Å². The molecule has 0 atom stereocenters. The van der Waals surface area contributed by atoms with Crippen LogP contribution in [0.15, 0.2) is 36.4 Å². The maximum Gasteiger partial charge on any atom is 0.328 e. The number of hydrogen-bond acceptors (Lipinski definition) is 3. The minimum Gasteiger partial charge on any atom is -0.478 e. The number of hydrogen-bond donors (Lipinski definition) is 3. The fraction of sp³-hybridized carbons (Fsp3) is 0.0833. The summed E-state index contributed by atoms with van der Waals surface area (Å²) in [6.07, 6.45) is 1.67. The van der Waals surface area contributed by atoms with Crippen molar-refractivity contribution in [2.75, 3.05) is 10.6 Å². The number of carbonyl (C=O) groups is 3. The second kappa shape index (κ2) is 6.19. The molecular weight excluding hydrogens is 236 g/mol. The fourth-order valence-electron chi connectivity index (χ4n) is 1.17. The van der Waals surface area contributed by atoms with Gasteiger partial charge < -0.3 is 15.7 Å². The maximum absolute atomic E-state index is 11.2. The summed E-state index contributed by atoms with van der Waals surface area (Å²) < 4.78 is 0. The highest BCUT2D eigenvalue weighted by atomic mass is 16.4. The SMILES string of the molecule is CC(=O)Nc1ccc(NC(=O)/C=C\C(=O)O)cc1. The van der Waals surface area contributed by atoms with E-state index in [1.807, 2.05) is 0 Å². The summed E-state index contributed by atoms with van der Waals surface area (Å²) in [7, 11) is 0. The fourth-order valence-corrected chi connectivity index (χ4v) is 1.17. The van der Waals surface area contributed by atoms with E-state index in [9.17, 15) is 14.4 Å². The van der Waals surface area contributed by atoms with Gasteiger partial charge in [-0.15, -0.1) is 0 Å². The number of carboxylic acid groups (broad SMARTS) is 1. The van der Waals surface area contributed by atoms with Crippen LogP contribution in [0.5, 0.6) is 0 Å². The number of amides is 2. The lowest BCUT2D eigenvalue weighted by molar-refractivity contribution is -0.131. The summed E-state index contributed by atoms with van der Waals surface area (Å²) in [5.41, 5.74) is 1.12. The Morgan fingerprint density at radius 2 is 1.50 bits per heavy atom.